The predicted octanol–water partition coefficient (Wildman–Crippen LogP) is 0.580. The minimum Gasteiger partial charge on any atom is -0.545 e. The Morgan fingerprint density at radius 3 is 2.57 bits per heavy atom. The van der Waals surface area contributed by atoms with Crippen molar-refractivity contribution in [2.45, 2.75) is 6.92 Å². The molecule has 5 heteroatoms. The summed E-state index contributed by atoms with van der Waals surface area (Å²) in [6.45, 7) is 1.25. The van der Waals surface area contributed by atoms with E-state index in [2.05, 4.69) is 0 Å². The number of hydrogen-bond donors (Lipinski definition) is 0. The van der Waals surface area contributed by atoms with E-state index in [1.165, 1.54) is 19.1 Å². The van der Waals surface area contributed by atoms with Gasteiger partial charge in [-0.1, -0.05) is 6.07 Å². The van der Waals surface area contributed by atoms with Gasteiger partial charge in [-0.05, 0) is 34.7 Å². The molecule has 0 spiro atoms. The van der Waals surface area contributed by atoms with Crippen LogP contribution in [0, 0.1) is 3.57 Å². The lowest BCUT2D eigenvalue weighted by Gasteiger charge is -2.07. The highest BCUT2D eigenvalue weighted by Crippen LogP contribution is 2.22. The van der Waals surface area contributed by atoms with Gasteiger partial charge in [0, 0.05) is 12.5 Å². The van der Waals surface area contributed by atoms with Gasteiger partial charge < -0.3 is 14.6 Å². The molecule has 0 saturated carbocycles. The number of hydrogen-bond acceptors (Lipinski definition) is 4. The lowest BCUT2D eigenvalue weighted by atomic mass is 10.2. The van der Waals surface area contributed by atoms with Gasteiger partial charge in [0.2, 0.25) is 0 Å². The van der Waals surface area contributed by atoms with Gasteiger partial charge in [0.15, 0.2) is 0 Å². The van der Waals surface area contributed by atoms with Crippen LogP contribution in [0.5, 0.6) is 5.75 Å². The Kier molecular flexibility index (Phi) is 3.45. The number of esters is 1. The Labute approximate surface area is 94.0 Å². The topological polar surface area (TPSA) is 66.4 Å². The van der Waals surface area contributed by atoms with Crippen LogP contribution in [0.25, 0.3) is 0 Å². The van der Waals surface area contributed by atoms with Gasteiger partial charge in [-0.2, -0.15) is 0 Å². The monoisotopic (exact) mass is 305 g/mol. The smallest absolute Gasteiger partial charge is 0.308 e. The van der Waals surface area contributed by atoms with E-state index in [-0.39, 0.29) is 11.3 Å². The summed E-state index contributed by atoms with van der Waals surface area (Å²) in [5.74, 6) is -1.55. The number of benzene rings is 1. The molecule has 0 radical (unpaired) electrons. The van der Waals surface area contributed by atoms with Gasteiger partial charge in [-0.3, -0.25) is 4.79 Å². The van der Waals surface area contributed by atoms with Crippen LogP contribution in [0.2, 0.25) is 0 Å². The first kappa shape index (κ1) is 11.0. The molecule has 0 amide bonds. The Balaban J connectivity index is 3.08. The molecule has 0 aliphatic rings. The normalized spacial score (nSPS) is 9.57. The summed E-state index contributed by atoms with van der Waals surface area (Å²) in [5, 5.41) is 10.5. The third-order valence-electron chi connectivity index (χ3n) is 1.42. The molecule has 0 aliphatic heterocycles. The van der Waals surface area contributed by atoms with Crippen molar-refractivity contribution in [3.63, 3.8) is 0 Å². The number of carbonyl (C=O) groups excluding carboxylic acids is 2. The van der Waals surface area contributed by atoms with Crippen LogP contribution in [0.1, 0.15) is 17.3 Å². The molecule has 0 atom stereocenters. The van der Waals surface area contributed by atoms with Gasteiger partial charge in [0.05, 0.1) is 9.54 Å². The molecular formula is C9H6IO4-. The highest BCUT2D eigenvalue weighted by Gasteiger charge is 2.05. The maximum absolute atomic E-state index is 10.7. The van der Waals surface area contributed by atoms with E-state index in [9.17, 15) is 14.7 Å². The molecule has 0 aliphatic carbocycles. The number of aromatic carboxylic acids is 1. The molecule has 74 valence electrons. The van der Waals surface area contributed by atoms with Crippen molar-refractivity contribution in [3.05, 3.63) is 27.3 Å². The van der Waals surface area contributed by atoms with Crippen molar-refractivity contribution >= 4 is 34.5 Å². The predicted molar refractivity (Wildman–Crippen MR) is 54.8 cm³/mol. The molecule has 0 fully saturated rings. The molecule has 0 aromatic heterocycles. The van der Waals surface area contributed by atoms with Crippen LogP contribution >= 0.6 is 22.6 Å². The van der Waals surface area contributed by atoms with Gasteiger partial charge in [-0.15, -0.1) is 0 Å². The fourth-order valence-electron chi connectivity index (χ4n) is 0.863. The second kappa shape index (κ2) is 4.41. The first-order valence-corrected chi connectivity index (χ1v) is 4.78. The molecule has 1 aromatic carbocycles. The molecule has 0 bridgehead atoms. The van der Waals surface area contributed by atoms with Gasteiger partial charge >= 0.3 is 5.97 Å². The summed E-state index contributed by atoms with van der Waals surface area (Å²) >= 11 is 1.94. The molecule has 0 unspecified atom stereocenters. The standard InChI is InChI=1S/C9H7IO4/c1-5(11)14-8-4-6(9(12)13)2-3-7(8)10/h2-4H,1H3,(H,12,13)/p-1. The van der Waals surface area contributed by atoms with Gasteiger partial charge in [0.1, 0.15) is 5.75 Å². The lowest BCUT2D eigenvalue weighted by molar-refractivity contribution is -0.255. The number of rotatable bonds is 2. The average molecular weight is 305 g/mol. The molecule has 0 N–H and O–H groups in total. The van der Waals surface area contributed by atoms with E-state index in [1.807, 2.05) is 22.6 Å². The highest BCUT2D eigenvalue weighted by molar-refractivity contribution is 14.1. The van der Waals surface area contributed by atoms with E-state index in [1.54, 1.807) is 6.07 Å². The van der Waals surface area contributed by atoms with Crippen molar-refractivity contribution in [2.24, 2.45) is 0 Å². The molecule has 14 heavy (non-hydrogen) atoms. The Morgan fingerprint density at radius 2 is 2.07 bits per heavy atom. The molecule has 0 saturated heterocycles. The number of carboxylic acid groups (broad SMARTS) is 1. The Bertz CT molecular complexity index is 386. The second-order valence-corrected chi connectivity index (χ2v) is 3.69. The zero-order valence-electron chi connectivity index (χ0n) is 7.24. The summed E-state index contributed by atoms with van der Waals surface area (Å²) in [4.78, 5) is 21.2. The minimum atomic E-state index is -1.30. The third kappa shape index (κ3) is 2.69. The Morgan fingerprint density at radius 1 is 1.43 bits per heavy atom. The maximum atomic E-state index is 10.7. The molecule has 0 heterocycles. The second-order valence-electron chi connectivity index (χ2n) is 2.53. The SMILES string of the molecule is CC(=O)Oc1cc(C(=O)[O-])ccc1I. The van der Waals surface area contributed by atoms with E-state index in [0.717, 1.165) is 0 Å². The first-order valence-electron chi connectivity index (χ1n) is 3.70. The summed E-state index contributed by atoms with van der Waals surface area (Å²) in [5.41, 5.74) is -0.0123. The number of carboxylic acids is 1. The summed E-state index contributed by atoms with van der Waals surface area (Å²) in [7, 11) is 0. The summed E-state index contributed by atoms with van der Waals surface area (Å²) < 4.78 is 5.47. The quantitative estimate of drug-likeness (QED) is 0.455. The maximum Gasteiger partial charge on any atom is 0.308 e. The molecule has 4 nitrogen and oxygen atoms in total. The highest BCUT2D eigenvalue weighted by atomic mass is 127. The summed E-state index contributed by atoms with van der Waals surface area (Å²) in [6.07, 6.45) is 0. The van der Waals surface area contributed by atoms with Crippen molar-refractivity contribution in [3.8, 4) is 5.75 Å². The molecule has 1 aromatic rings. The van der Waals surface area contributed by atoms with Crippen LogP contribution < -0.4 is 9.84 Å². The van der Waals surface area contributed by atoms with Crippen molar-refractivity contribution in [1.29, 1.82) is 0 Å². The van der Waals surface area contributed by atoms with Gasteiger partial charge in [0.25, 0.3) is 0 Å². The first-order chi connectivity index (χ1) is 6.50. The third-order valence-corrected chi connectivity index (χ3v) is 2.31. The number of carbonyl (C=O) groups is 2. The van der Waals surface area contributed by atoms with Crippen LogP contribution in [0.4, 0.5) is 0 Å². The van der Waals surface area contributed by atoms with E-state index >= 15 is 0 Å². The largest absolute Gasteiger partial charge is 0.545 e. The van der Waals surface area contributed by atoms with E-state index in [0.29, 0.717) is 3.57 Å². The molecular weight excluding hydrogens is 299 g/mol. The van der Waals surface area contributed by atoms with E-state index < -0.39 is 11.9 Å². The molecule has 1 rings (SSSR count). The van der Waals surface area contributed by atoms with Gasteiger partial charge in [-0.25, -0.2) is 0 Å². The zero-order chi connectivity index (χ0) is 10.7. The van der Waals surface area contributed by atoms with E-state index in [4.69, 9.17) is 4.74 Å². The number of ether oxygens (including phenoxy) is 1. The van der Waals surface area contributed by atoms with Crippen molar-refractivity contribution in [2.75, 3.05) is 0 Å². The van der Waals surface area contributed by atoms with Crippen molar-refractivity contribution in [1.82, 2.24) is 0 Å². The Hall–Kier alpha value is -1.11. The number of halogens is 1. The average Bonchev–Trinajstić information content (AvgIpc) is 2.07. The fraction of sp³-hybridized carbons (Fsp3) is 0.111. The minimum absolute atomic E-state index is 0.0123. The van der Waals surface area contributed by atoms with Crippen molar-refractivity contribution < 1.29 is 19.4 Å². The van der Waals surface area contributed by atoms with Crippen LogP contribution in [0.15, 0.2) is 18.2 Å². The summed E-state index contributed by atoms with van der Waals surface area (Å²) in [6, 6.07) is 4.20. The van der Waals surface area contributed by atoms with Crippen LogP contribution in [-0.4, -0.2) is 11.9 Å². The fourth-order valence-corrected chi connectivity index (χ4v) is 1.31. The lowest BCUT2D eigenvalue weighted by Crippen LogP contribution is -2.22. The zero-order valence-corrected chi connectivity index (χ0v) is 9.40. The van der Waals surface area contributed by atoms with Crippen LogP contribution in [0.3, 0.4) is 0 Å². The van der Waals surface area contributed by atoms with Crippen LogP contribution in [-0.2, 0) is 4.79 Å².